The van der Waals surface area contributed by atoms with Gasteiger partial charge in [0.05, 0.1) is 0 Å². The first-order chi connectivity index (χ1) is 2.00. The van der Waals surface area contributed by atoms with Crippen molar-refractivity contribution in [2.75, 3.05) is 0 Å². The molecule has 0 aliphatic carbocycles. The van der Waals surface area contributed by atoms with Gasteiger partial charge in [-0.25, -0.2) is 0 Å². The molecule has 0 rings (SSSR count). The molecule has 0 spiro atoms. The number of hydrogen-bond acceptors (Lipinski definition) is 0. The molecule has 0 N–H and O–H groups in total. The summed E-state index contributed by atoms with van der Waals surface area (Å²) in [4.78, 5) is 0. The van der Waals surface area contributed by atoms with Crippen LogP contribution < -0.4 is 0 Å². The van der Waals surface area contributed by atoms with E-state index in [2.05, 4.69) is 19.6 Å². The Kier molecular flexibility index (Phi) is 115. The average molecular weight is 121 g/mol. The molecular formula is HCl3Li2. The Morgan fingerprint density at radius 1 is 0.800 bits per heavy atom. The number of hydrogen-bond donors (Lipinski definition) is 0. The van der Waals surface area contributed by atoms with Gasteiger partial charge in [0.15, 0.2) is 0 Å². The van der Waals surface area contributed by atoms with E-state index in [-0.39, 0.29) is 12.4 Å². The van der Waals surface area contributed by atoms with Gasteiger partial charge in [-0.2, -0.15) is 0 Å². The van der Waals surface area contributed by atoms with Crippen LogP contribution in [0.1, 0.15) is 0 Å². The molecular weight excluding hydrogens is 120 g/mol. The van der Waals surface area contributed by atoms with Crippen molar-refractivity contribution in [1.82, 2.24) is 0 Å². The third kappa shape index (κ3) is 23.5. The van der Waals surface area contributed by atoms with Gasteiger partial charge in [-0.1, -0.05) is 0 Å². The van der Waals surface area contributed by atoms with E-state index in [1.807, 2.05) is 0 Å². The molecule has 0 aliphatic rings. The molecule has 0 radical (unpaired) electrons. The second-order valence-corrected chi connectivity index (χ2v) is 0. The molecule has 0 amide bonds. The summed E-state index contributed by atoms with van der Waals surface area (Å²) < 4.78 is 0. The van der Waals surface area contributed by atoms with Crippen molar-refractivity contribution in [2.45, 2.75) is 0 Å². The SMILES string of the molecule is Cl.[Li][Cl].[Li][Cl]. The predicted molar refractivity (Wildman–Crippen MR) is 30.5 cm³/mol. The Bertz CT molecular complexity index is 4.85. The molecule has 0 aromatic carbocycles. The molecule has 0 aromatic heterocycles. The zero-order valence-electron chi connectivity index (χ0n) is 3.16. The minimum absolute atomic E-state index is 0. The Hall–Kier alpha value is 2.06. The van der Waals surface area contributed by atoms with Crippen molar-refractivity contribution in [3.05, 3.63) is 0 Å². The van der Waals surface area contributed by atoms with E-state index < -0.39 is 0 Å². The van der Waals surface area contributed by atoms with Crippen LogP contribution in [0.4, 0.5) is 0 Å². The molecule has 0 aliphatic heterocycles. The molecule has 5 heavy (non-hydrogen) atoms. The van der Waals surface area contributed by atoms with Gasteiger partial charge in [0.25, 0.3) is 0 Å². The van der Waals surface area contributed by atoms with Crippen LogP contribution >= 0.6 is 32.0 Å². The zero-order chi connectivity index (χ0) is 4.00. The first-order valence-electron chi connectivity index (χ1n) is 0.756. The normalized spacial score (nSPS) is 2.80. The molecule has 0 unspecified atom stereocenters. The molecule has 0 fully saturated rings. The number of rotatable bonds is 0. The summed E-state index contributed by atoms with van der Waals surface area (Å²) in [5, 5.41) is 0. The Morgan fingerprint density at radius 3 is 0.800 bits per heavy atom. The fourth-order valence-electron chi connectivity index (χ4n) is 0. The van der Waals surface area contributed by atoms with Crippen molar-refractivity contribution in [3.63, 3.8) is 0 Å². The molecule has 0 saturated carbocycles. The molecule has 0 heterocycles. The van der Waals surface area contributed by atoms with Crippen molar-refractivity contribution >= 4 is 65.5 Å². The fraction of sp³-hybridized carbons (Fsp3) is 0. The van der Waals surface area contributed by atoms with Gasteiger partial charge in [-0.05, 0) is 0 Å². The Morgan fingerprint density at radius 2 is 0.800 bits per heavy atom. The van der Waals surface area contributed by atoms with Crippen LogP contribution in [0.5, 0.6) is 0 Å². The van der Waals surface area contributed by atoms with Gasteiger partial charge in [-0.15, -0.1) is 12.4 Å². The van der Waals surface area contributed by atoms with Crippen LogP contribution in [0.2, 0.25) is 0 Å². The molecule has 0 nitrogen and oxygen atoms in total. The monoisotopic (exact) mass is 120 g/mol. The summed E-state index contributed by atoms with van der Waals surface area (Å²) >= 11 is 2.94. The van der Waals surface area contributed by atoms with Crippen LogP contribution in [0, 0.1) is 0 Å². The standard InChI is InChI=1S/3ClH.2Li/h3*1H;;/q;;;2*+1/p-2. The molecule has 0 saturated heterocycles. The molecule has 24 valence electrons. The summed E-state index contributed by atoms with van der Waals surface area (Å²) in [6, 6.07) is 0. The van der Waals surface area contributed by atoms with Crippen LogP contribution in [-0.4, -0.2) is 33.5 Å². The van der Waals surface area contributed by atoms with E-state index in [0.717, 1.165) is 0 Å². The van der Waals surface area contributed by atoms with E-state index in [1.54, 1.807) is 0 Å². The third-order valence-corrected chi connectivity index (χ3v) is 0. The van der Waals surface area contributed by atoms with Crippen LogP contribution in [0.3, 0.4) is 0 Å². The molecule has 5 heteroatoms. The van der Waals surface area contributed by atoms with Gasteiger partial charge < -0.3 is 0 Å². The van der Waals surface area contributed by atoms with E-state index in [9.17, 15) is 0 Å². The molecule has 0 atom stereocenters. The van der Waals surface area contributed by atoms with Crippen LogP contribution in [0.25, 0.3) is 0 Å². The minimum atomic E-state index is 0. The second kappa shape index (κ2) is 36.5. The summed E-state index contributed by atoms with van der Waals surface area (Å²) in [5.74, 6) is 0. The van der Waals surface area contributed by atoms with Crippen molar-refractivity contribution in [1.29, 1.82) is 0 Å². The van der Waals surface area contributed by atoms with Crippen molar-refractivity contribution < 1.29 is 0 Å². The van der Waals surface area contributed by atoms with Gasteiger partial charge in [-0.3, -0.25) is 0 Å². The average Bonchev–Trinajstić information content (AvgIpc) is 1.50. The van der Waals surface area contributed by atoms with E-state index in [1.165, 1.54) is 33.5 Å². The maximum atomic E-state index is 4.64. The summed E-state index contributed by atoms with van der Waals surface area (Å²) in [6.07, 6.45) is 0. The summed E-state index contributed by atoms with van der Waals surface area (Å²) in [5.41, 5.74) is 0. The van der Waals surface area contributed by atoms with Crippen molar-refractivity contribution in [3.8, 4) is 0 Å². The Labute approximate surface area is 65.0 Å². The first-order valence-corrected chi connectivity index (χ1v) is 2.27. The first kappa shape index (κ1) is 15.7. The van der Waals surface area contributed by atoms with Crippen LogP contribution in [-0.2, 0) is 0 Å². The zero-order valence-corrected chi connectivity index (χ0v) is 5.49. The second-order valence-electron chi connectivity index (χ2n) is 0. The van der Waals surface area contributed by atoms with E-state index >= 15 is 0 Å². The van der Waals surface area contributed by atoms with Gasteiger partial charge >= 0.3 is 53.1 Å². The van der Waals surface area contributed by atoms with Gasteiger partial charge in [0.2, 0.25) is 0 Å². The van der Waals surface area contributed by atoms with E-state index in [4.69, 9.17) is 0 Å². The van der Waals surface area contributed by atoms with Gasteiger partial charge in [0, 0.05) is 0 Å². The third-order valence-electron chi connectivity index (χ3n) is 0. The number of halogens is 3. The van der Waals surface area contributed by atoms with Gasteiger partial charge in [0.1, 0.15) is 0 Å². The Balaban J connectivity index is -0.0000000133. The predicted octanol–water partition coefficient (Wildman–Crippen LogP) is 1.04. The summed E-state index contributed by atoms with van der Waals surface area (Å²) in [6.45, 7) is 0. The molecule has 0 aromatic rings. The van der Waals surface area contributed by atoms with E-state index in [0.29, 0.717) is 0 Å². The van der Waals surface area contributed by atoms with Crippen molar-refractivity contribution in [2.24, 2.45) is 0 Å². The molecule has 0 bridgehead atoms. The maximum absolute atomic E-state index is 4.64. The quantitative estimate of drug-likeness (QED) is 0.420. The topological polar surface area (TPSA) is 0 Å². The fourth-order valence-corrected chi connectivity index (χ4v) is 0. The van der Waals surface area contributed by atoms with Crippen LogP contribution in [0.15, 0.2) is 0 Å². The summed E-state index contributed by atoms with van der Waals surface area (Å²) in [7, 11) is 9.28.